The van der Waals surface area contributed by atoms with Crippen molar-refractivity contribution < 1.29 is 13.2 Å². The SMILES string of the molecule is C[C@@H](NC(=O)C1CCN(S(=O)(=O)c2ccc3c(c2)CCC3)CC1)[C@H]1C[C@H]2CC[C@H]1C2. The molecule has 0 aromatic heterocycles. The zero-order valence-electron chi connectivity index (χ0n) is 18.0. The first-order chi connectivity index (χ1) is 14.4. The minimum Gasteiger partial charge on any atom is -0.353 e. The fraction of sp³-hybridized carbons (Fsp3) is 0.708. The van der Waals surface area contributed by atoms with Gasteiger partial charge in [0, 0.05) is 25.0 Å². The second kappa shape index (κ2) is 7.94. The summed E-state index contributed by atoms with van der Waals surface area (Å²) in [5.41, 5.74) is 2.47. The van der Waals surface area contributed by atoms with Crippen molar-refractivity contribution in [3.05, 3.63) is 29.3 Å². The Bertz CT molecular complexity index is 920. The predicted octanol–water partition coefficient (Wildman–Crippen LogP) is 3.52. The van der Waals surface area contributed by atoms with Crippen molar-refractivity contribution in [3.8, 4) is 0 Å². The van der Waals surface area contributed by atoms with Crippen LogP contribution in [0.25, 0.3) is 0 Å². The van der Waals surface area contributed by atoms with Crippen LogP contribution in [0.4, 0.5) is 0 Å². The van der Waals surface area contributed by atoms with Crippen LogP contribution in [0.2, 0.25) is 0 Å². The highest BCUT2D eigenvalue weighted by Gasteiger charge is 2.42. The molecule has 2 bridgehead atoms. The van der Waals surface area contributed by atoms with E-state index in [4.69, 9.17) is 0 Å². The fourth-order valence-corrected chi connectivity index (χ4v) is 8.09. The average Bonchev–Trinajstić information content (AvgIpc) is 3.50. The monoisotopic (exact) mass is 430 g/mol. The van der Waals surface area contributed by atoms with Gasteiger partial charge >= 0.3 is 0 Å². The van der Waals surface area contributed by atoms with Gasteiger partial charge in [-0.25, -0.2) is 8.42 Å². The number of rotatable bonds is 5. The van der Waals surface area contributed by atoms with Crippen molar-refractivity contribution in [1.82, 2.24) is 9.62 Å². The Morgan fingerprint density at radius 3 is 2.53 bits per heavy atom. The van der Waals surface area contributed by atoms with Crippen molar-refractivity contribution in [1.29, 1.82) is 0 Å². The third kappa shape index (κ3) is 3.70. The van der Waals surface area contributed by atoms with Gasteiger partial charge in [0.25, 0.3) is 0 Å². The van der Waals surface area contributed by atoms with Crippen molar-refractivity contribution in [2.75, 3.05) is 13.1 Å². The third-order valence-corrected chi connectivity index (χ3v) is 10.2. The predicted molar refractivity (Wildman–Crippen MR) is 116 cm³/mol. The second-order valence-electron chi connectivity index (χ2n) is 10.1. The van der Waals surface area contributed by atoms with E-state index in [0.717, 1.165) is 31.1 Å². The first-order valence-corrected chi connectivity index (χ1v) is 13.3. The molecule has 3 aliphatic carbocycles. The molecule has 30 heavy (non-hydrogen) atoms. The van der Waals surface area contributed by atoms with Crippen LogP contribution in [0, 0.1) is 23.7 Å². The summed E-state index contributed by atoms with van der Waals surface area (Å²) in [6.07, 6.45) is 9.68. The summed E-state index contributed by atoms with van der Waals surface area (Å²) in [5, 5.41) is 3.28. The summed E-state index contributed by atoms with van der Waals surface area (Å²) in [4.78, 5) is 13.3. The van der Waals surface area contributed by atoms with E-state index in [1.807, 2.05) is 12.1 Å². The molecule has 5 rings (SSSR count). The maximum atomic E-state index is 13.1. The lowest BCUT2D eigenvalue weighted by molar-refractivity contribution is -0.127. The molecule has 1 aromatic carbocycles. The smallest absolute Gasteiger partial charge is 0.243 e. The highest BCUT2D eigenvalue weighted by Crippen LogP contribution is 2.49. The van der Waals surface area contributed by atoms with Crippen LogP contribution in [-0.2, 0) is 27.7 Å². The van der Waals surface area contributed by atoms with E-state index in [1.54, 1.807) is 10.4 Å². The maximum Gasteiger partial charge on any atom is 0.243 e. The van der Waals surface area contributed by atoms with E-state index >= 15 is 0 Å². The Morgan fingerprint density at radius 1 is 1.07 bits per heavy atom. The highest BCUT2D eigenvalue weighted by atomic mass is 32.2. The molecule has 5 nitrogen and oxygen atoms in total. The van der Waals surface area contributed by atoms with Gasteiger partial charge in [0.1, 0.15) is 0 Å². The molecule has 4 atom stereocenters. The van der Waals surface area contributed by atoms with Gasteiger partial charge < -0.3 is 5.32 Å². The Morgan fingerprint density at radius 2 is 1.83 bits per heavy atom. The van der Waals surface area contributed by atoms with Gasteiger partial charge in [0.15, 0.2) is 0 Å². The molecule has 6 heteroatoms. The van der Waals surface area contributed by atoms with Gasteiger partial charge in [0.05, 0.1) is 4.90 Å². The molecule has 0 radical (unpaired) electrons. The van der Waals surface area contributed by atoms with E-state index in [0.29, 0.717) is 36.7 Å². The summed E-state index contributed by atoms with van der Waals surface area (Å²) in [6, 6.07) is 5.84. The Balaban J connectivity index is 1.17. The molecule has 4 aliphatic rings. The lowest BCUT2D eigenvalue weighted by atomic mass is 9.83. The van der Waals surface area contributed by atoms with Crippen molar-refractivity contribution in [3.63, 3.8) is 0 Å². The number of aryl methyl sites for hydroxylation is 2. The number of sulfonamides is 1. The van der Waals surface area contributed by atoms with Gasteiger partial charge in [0.2, 0.25) is 15.9 Å². The number of hydrogen-bond acceptors (Lipinski definition) is 3. The molecule has 1 aromatic rings. The van der Waals surface area contributed by atoms with Crippen molar-refractivity contribution >= 4 is 15.9 Å². The molecule has 1 heterocycles. The van der Waals surface area contributed by atoms with Gasteiger partial charge in [-0.1, -0.05) is 12.5 Å². The fourth-order valence-electron chi connectivity index (χ4n) is 6.57. The number of carbonyl (C=O) groups excluding carboxylic acids is 1. The van der Waals surface area contributed by atoms with Gasteiger partial charge in [-0.2, -0.15) is 4.31 Å². The summed E-state index contributed by atoms with van der Waals surface area (Å²) >= 11 is 0. The Hall–Kier alpha value is -1.40. The van der Waals surface area contributed by atoms with E-state index in [2.05, 4.69) is 12.2 Å². The topological polar surface area (TPSA) is 66.5 Å². The maximum absolute atomic E-state index is 13.1. The lowest BCUT2D eigenvalue weighted by Crippen LogP contribution is -2.47. The highest BCUT2D eigenvalue weighted by molar-refractivity contribution is 7.89. The summed E-state index contributed by atoms with van der Waals surface area (Å²) in [5.74, 6) is 2.36. The standard InChI is InChI=1S/C24H34N2O3S/c1-16(23-14-17-5-6-21(23)13-17)25-24(27)19-9-11-26(12-10-19)30(28,29)22-8-7-18-3-2-4-20(18)15-22/h7-8,15-17,19,21,23H,2-6,9-14H2,1H3,(H,25,27)/t16-,17+,21+,23-/m1/s1. The number of piperidine rings is 1. The molecule has 3 fully saturated rings. The Labute approximate surface area is 180 Å². The number of fused-ring (bicyclic) bond motifs is 3. The van der Waals surface area contributed by atoms with Gasteiger partial charge in [-0.05, 0) is 99.3 Å². The summed E-state index contributed by atoms with van der Waals surface area (Å²) in [6.45, 7) is 3.02. The van der Waals surface area contributed by atoms with Crippen LogP contribution >= 0.6 is 0 Å². The van der Waals surface area contributed by atoms with Crippen molar-refractivity contribution in [2.24, 2.45) is 23.7 Å². The number of carbonyl (C=O) groups is 1. The lowest BCUT2D eigenvalue weighted by Gasteiger charge is -2.33. The van der Waals surface area contributed by atoms with Gasteiger partial charge in [-0.15, -0.1) is 0 Å². The zero-order valence-corrected chi connectivity index (χ0v) is 18.8. The molecule has 2 saturated carbocycles. The first-order valence-electron chi connectivity index (χ1n) is 11.8. The largest absolute Gasteiger partial charge is 0.353 e. The molecule has 1 amide bonds. The van der Waals surface area contributed by atoms with Crippen LogP contribution < -0.4 is 5.32 Å². The molecule has 164 valence electrons. The van der Waals surface area contributed by atoms with Crippen LogP contribution in [-0.4, -0.2) is 37.8 Å². The molecule has 1 saturated heterocycles. The summed E-state index contributed by atoms with van der Waals surface area (Å²) < 4.78 is 27.8. The second-order valence-corrected chi connectivity index (χ2v) is 12.0. The number of nitrogens with one attached hydrogen (secondary N) is 1. The Kier molecular flexibility index (Phi) is 5.42. The minimum absolute atomic E-state index is 0.0717. The molecule has 1 N–H and O–H groups in total. The number of nitrogens with zero attached hydrogens (tertiary/aromatic N) is 1. The van der Waals surface area contributed by atoms with Crippen LogP contribution in [0.5, 0.6) is 0 Å². The quantitative estimate of drug-likeness (QED) is 0.777. The average molecular weight is 431 g/mol. The number of amides is 1. The zero-order chi connectivity index (χ0) is 20.9. The molecular weight excluding hydrogens is 396 g/mol. The van der Waals surface area contributed by atoms with Crippen LogP contribution in [0.1, 0.15) is 63.0 Å². The van der Waals surface area contributed by atoms with Crippen LogP contribution in [0.15, 0.2) is 23.1 Å². The normalized spacial score (nSPS) is 30.4. The van der Waals surface area contributed by atoms with E-state index in [9.17, 15) is 13.2 Å². The third-order valence-electron chi connectivity index (χ3n) is 8.34. The molecule has 1 aliphatic heterocycles. The van der Waals surface area contributed by atoms with E-state index < -0.39 is 10.0 Å². The molecular formula is C24H34N2O3S. The van der Waals surface area contributed by atoms with Crippen molar-refractivity contribution in [2.45, 2.75) is 75.6 Å². The molecule has 0 unspecified atom stereocenters. The number of benzene rings is 1. The first kappa shape index (κ1) is 20.5. The van der Waals surface area contributed by atoms with E-state index in [-0.39, 0.29) is 17.9 Å². The minimum atomic E-state index is -3.47. The van der Waals surface area contributed by atoms with Crippen LogP contribution in [0.3, 0.4) is 0 Å². The summed E-state index contributed by atoms with van der Waals surface area (Å²) in [7, 11) is -3.47. The number of hydrogen-bond donors (Lipinski definition) is 1. The molecule has 0 spiro atoms. The van der Waals surface area contributed by atoms with E-state index in [1.165, 1.54) is 36.8 Å². The van der Waals surface area contributed by atoms with Gasteiger partial charge in [-0.3, -0.25) is 4.79 Å².